The van der Waals surface area contributed by atoms with Gasteiger partial charge in [-0.2, -0.15) is 0 Å². The van der Waals surface area contributed by atoms with E-state index in [4.69, 9.17) is 4.52 Å². The Morgan fingerprint density at radius 3 is 3.29 bits per heavy atom. The van der Waals surface area contributed by atoms with Gasteiger partial charge in [-0.25, -0.2) is 4.99 Å². The normalized spacial score (nSPS) is 16.3. The fourth-order valence-electron chi connectivity index (χ4n) is 1.15. The van der Waals surface area contributed by atoms with Crippen LogP contribution < -0.4 is 9.79 Å². The summed E-state index contributed by atoms with van der Waals surface area (Å²) >= 11 is 3.10. The highest BCUT2D eigenvalue weighted by Crippen LogP contribution is 2.21. The topological polar surface area (TPSA) is 77.7 Å². The minimum Gasteiger partial charge on any atom is -0.861 e. The van der Waals surface area contributed by atoms with Crippen LogP contribution in [-0.4, -0.2) is 33.6 Å². The van der Waals surface area contributed by atoms with E-state index in [1.165, 1.54) is 11.8 Å². The maximum atomic E-state index is 11.5. The van der Waals surface area contributed by atoms with Crippen molar-refractivity contribution in [2.45, 2.75) is 13.5 Å². The van der Waals surface area contributed by atoms with E-state index >= 15 is 0 Å². The van der Waals surface area contributed by atoms with Crippen molar-refractivity contribution < 1.29 is 14.3 Å². The standard InChI is InChI=1S/C9H12N4O2S2/c1-2-13-5-8(15-12-13)11-7(14)6-17-9-10-3-4-16-9/h5H,2-4,6H2,1H3. The second-order valence-electron chi connectivity index (χ2n) is 3.19. The summed E-state index contributed by atoms with van der Waals surface area (Å²) < 4.78 is 7.43. The van der Waals surface area contributed by atoms with E-state index in [1.54, 1.807) is 22.6 Å². The third-order valence-electron chi connectivity index (χ3n) is 1.93. The molecule has 1 aliphatic heterocycles. The van der Waals surface area contributed by atoms with Crippen LogP contribution >= 0.6 is 23.5 Å². The highest BCUT2D eigenvalue weighted by Gasteiger charge is 2.09. The molecule has 0 atom stereocenters. The average Bonchev–Trinajstić information content (AvgIpc) is 2.97. The average molecular weight is 272 g/mol. The van der Waals surface area contributed by atoms with Gasteiger partial charge in [0, 0.05) is 11.5 Å². The summed E-state index contributed by atoms with van der Waals surface area (Å²) in [4.78, 5) is 8.06. The molecule has 0 spiro atoms. The molecule has 17 heavy (non-hydrogen) atoms. The summed E-state index contributed by atoms with van der Waals surface area (Å²) in [6.07, 6.45) is 1.60. The molecule has 0 N–H and O–H groups in total. The Morgan fingerprint density at radius 2 is 2.65 bits per heavy atom. The van der Waals surface area contributed by atoms with Crippen molar-refractivity contribution >= 4 is 39.7 Å². The van der Waals surface area contributed by atoms with Crippen molar-refractivity contribution in [3.8, 4) is 0 Å². The molecule has 0 fully saturated rings. The summed E-state index contributed by atoms with van der Waals surface area (Å²) in [5.41, 5.74) is 0. The van der Waals surface area contributed by atoms with Crippen molar-refractivity contribution in [3.63, 3.8) is 0 Å². The molecule has 0 unspecified atom stereocenters. The lowest BCUT2D eigenvalue weighted by atomic mass is 10.7. The lowest BCUT2D eigenvalue weighted by Crippen LogP contribution is -2.32. The molecule has 92 valence electrons. The van der Waals surface area contributed by atoms with E-state index in [1.807, 2.05) is 6.92 Å². The van der Waals surface area contributed by atoms with Crippen LogP contribution in [-0.2, 0) is 6.54 Å². The van der Waals surface area contributed by atoms with E-state index in [9.17, 15) is 5.11 Å². The molecule has 2 heterocycles. The van der Waals surface area contributed by atoms with E-state index in [2.05, 4.69) is 15.3 Å². The van der Waals surface area contributed by atoms with Gasteiger partial charge < -0.3 is 5.11 Å². The van der Waals surface area contributed by atoms with Gasteiger partial charge in [0.1, 0.15) is 4.38 Å². The van der Waals surface area contributed by atoms with Gasteiger partial charge in [-0.15, -0.1) is 0 Å². The van der Waals surface area contributed by atoms with Crippen molar-refractivity contribution in [1.29, 1.82) is 0 Å². The summed E-state index contributed by atoms with van der Waals surface area (Å²) in [6, 6.07) is 0. The van der Waals surface area contributed by atoms with E-state index in [0.29, 0.717) is 12.3 Å². The van der Waals surface area contributed by atoms with Crippen LogP contribution in [0.25, 0.3) is 0 Å². The Balaban J connectivity index is 1.87. The summed E-state index contributed by atoms with van der Waals surface area (Å²) in [5, 5.41) is 15.2. The molecule has 0 saturated heterocycles. The van der Waals surface area contributed by atoms with Gasteiger partial charge in [0.25, 0.3) is 6.20 Å². The number of aryl methyl sites for hydroxylation is 1. The monoisotopic (exact) mass is 272 g/mol. The first kappa shape index (κ1) is 12.4. The fourth-order valence-corrected chi connectivity index (χ4v) is 2.94. The van der Waals surface area contributed by atoms with Gasteiger partial charge >= 0.3 is 5.88 Å². The zero-order valence-electron chi connectivity index (χ0n) is 9.33. The first-order chi connectivity index (χ1) is 8.28. The van der Waals surface area contributed by atoms with Gasteiger partial charge in [0.2, 0.25) is 5.27 Å². The molecule has 6 nitrogen and oxygen atoms in total. The van der Waals surface area contributed by atoms with Crippen molar-refractivity contribution in [2.75, 3.05) is 18.1 Å². The van der Waals surface area contributed by atoms with Gasteiger partial charge in [0.05, 0.1) is 6.54 Å². The molecule has 0 aromatic carbocycles. The molecule has 8 heteroatoms. The number of hydrogen-bond acceptors (Lipinski definition) is 7. The second-order valence-corrected chi connectivity index (χ2v) is 5.49. The van der Waals surface area contributed by atoms with Gasteiger partial charge in [-0.05, 0) is 12.8 Å². The van der Waals surface area contributed by atoms with Crippen LogP contribution in [0.4, 0.5) is 5.88 Å². The van der Waals surface area contributed by atoms with Gasteiger partial charge in [-0.3, -0.25) is 9.52 Å². The van der Waals surface area contributed by atoms with Crippen LogP contribution in [0.3, 0.4) is 0 Å². The molecule has 1 aromatic rings. The van der Waals surface area contributed by atoms with Crippen LogP contribution in [0.5, 0.6) is 0 Å². The smallest absolute Gasteiger partial charge is 0.320 e. The van der Waals surface area contributed by atoms with Crippen molar-refractivity contribution in [2.24, 2.45) is 9.98 Å². The molecular weight excluding hydrogens is 260 g/mol. The molecule has 1 aliphatic rings. The molecule has 2 rings (SSSR count). The number of aliphatic imine (C=N–C) groups is 2. The van der Waals surface area contributed by atoms with Crippen molar-refractivity contribution in [3.05, 3.63) is 6.20 Å². The predicted molar refractivity (Wildman–Crippen MR) is 66.7 cm³/mol. The van der Waals surface area contributed by atoms with Crippen LogP contribution in [0.15, 0.2) is 20.7 Å². The highest BCUT2D eigenvalue weighted by atomic mass is 32.2. The van der Waals surface area contributed by atoms with Crippen LogP contribution in [0.2, 0.25) is 0 Å². The molecule has 0 saturated carbocycles. The third kappa shape index (κ3) is 3.74. The molecule has 0 bridgehead atoms. The number of hydrogen-bond donors (Lipinski definition) is 0. The van der Waals surface area contributed by atoms with E-state index in [0.717, 1.165) is 16.7 Å². The first-order valence-electron chi connectivity index (χ1n) is 5.19. The van der Waals surface area contributed by atoms with Crippen LogP contribution in [0, 0.1) is 0 Å². The van der Waals surface area contributed by atoms with Crippen molar-refractivity contribution in [1.82, 2.24) is 5.27 Å². The number of rotatable bonds is 4. The van der Waals surface area contributed by atoms with E-state index < -0.39 is 0 Å². The molecule has 0 aliphatic carbocycles. The molecule has 0 amide bonds. The largest absolute Gasteiger partial charge is 0.861 e. The number of aromatic nitrogens is 2. The molecule has 0 radical (unpaired) electrons. The quantitative estimate of drug-likeness (QED) is 0.445. The van der Waals surface area contributed by atoms with Gasteiger partial charge in [0.15, 0.2) is 6.54 Å². The first-order valence-corrected chi connectivity index (χ1v) is 7.16. The lowest BCUT2D eigenvalue weighted by molar-refractivity contribution is -0.759. The zero-order chi connectivity index (χ0) is 12.1. The summed E-state index contributed by atoms with van der Waals surface area (Å²) in [7, 11) is 0. The predicted octanol–water partition coefficient (Wildman–Crippen LogP) is 0.208. The SMILES string of the molecule is CC[n+]1cc(/N=C(/[O-])CSC2=NCCS2)on1. The Morgan fingerprint density at radius 1 is 1.76 bits per heavy atom. The minimum absolute atomic E-state index is 0.232. The summed E-state index contributed by atoms with van der Waals surface area (Å²) in [6.45, 7) is 3.46. The zero-order valence-corrected chi connectivity index (χ0v) is 11.0. The Labute approximate surface area is 107 Å². The fraction of sp³-hybridized carbons (Fsp3) is 0.556. The second kappa shape index (κ2) is 6.06. The molecule has 1 aromatic heterocycles. The Bertz CT molecular complexity index is 444. The Hall–Kier alpha value is -1.02. The van der Waals surface area contributed by atoms with Crippen LogP contribution in [0.1, 0.15) is 6.92 Å². The number of nitrogens with zero attached hydrogens (tertiary/aromatic N) is 4. The maximum absolute atomic E-state index is 11.5. The third-order valence-corrected chi connectivity index (χ3v) is 4.17. The number of thioether (sulfide) groups is 2. The lowest BCUT2D eigenvalue weighted by Gasteiger charge is -2.07. The summed E-state index contributed by atoms with van der Waals surface area (Å²) in [5.74, 6) is 1.31. The Kier molecular flexibility index (Phi) is 4.43. The minimum atomic E-state index is -0.232. The highest BCUT2D eigenvalue weighted by molar-refractivity contribution is 8.39. The molecular formula is C9H12N4O2S2. The van der Waals surface area contributed by atoms with Gasteiger partial charge in [-0.1, -0.05) is 28.2 Å². The van der Waals surface area contributed by atoms with E-state index in [-0.39, 0.29) is 11.8 Å². The maximum Gasteiger partial charge on any atom is 0.320 e.